The van der Waals surface area contributed by atoms with Gasteiger partial charge in [-0.2, -0.15) is 4.31 Å². The minimum absolute atomic E-state index is 0.0900. The molecule has 1 aromatic carbocycles. The summed E-state index contributed by atoms with van der Waals surface area (Å²) in [6.07, 6.45) is 1.56. The maximum atomic E-state index is 13.0. The average Bonchev–Trinajstić information content (AvgIpc) is 3.23. The monoisotopic (exact) mass is 418 g/mol. The Morgan fingerprint density at radius 1 is 1.21 bits per heavy atom. The lowest BCUT2D eigenvalue weighted by Crippen LogP contribution is -2.30. The zero-order valence-corrected chi connectivity index (χ0v) is 16.2. The van der Waals surface area contributed by atoms with E-state index in [4.69, 9.17) is 23.2 Å². The third-order valence-electron chi connectivity index (χ3n) is 4.01. The highest BCUT2D eigenvalue weighted by Crippen LogP contribution is 2.43. The molecular formula is C15H12Cl2N2O2S3. The number of para-hydroxylation sites is 1. The molecule has 4 nitrogen and oxygen atoms in total. The van der Waals surface area contributed by atoms with E-state index in [1.165, 1.54) is 10.4 Å². The van der Waals surface area contributed by atoms with Crippen molar-refractivity contribution in [2.45, 2.75) is 23.8 Å². The van der Waals surface area contributed by atoms with Crippen LogP contribution in [0.25, 0.3) is 10.2 Å². The first-order chi connectivity index (χ1) is 11.5. The van der Waals surface area contributed by atoms with Crippen LogP contribution in [0, 0.1) is 0 Å². The summed E-state index contributed by atoms with van der Waals surface area (Å²) in [7, 11) is -3.69. The number of halogens is 2. The van der Waals surface area contributed by atoms with Crippen LogP contribution in [0.5, 0.6) is 0 Å². The first-order valence-corrected chi connectivity index (χ1v) is 11.1. The molecule has 1 atom stereocenters. The molecule has 1 unspecified atom stereocenters. The lowest BCUT2D eigenvalue weighted by atomic mass is 10.2. The van der Waals surface area contributed by atoms with Gasteiger partial charge in [-0.05, 0) is 31.0 Å². The fourth-order valence-corrected chi connectivity index (χ4v) is 7.89. The van der Waals surface area contributed by atoms with Gasteiger partial charge in [-0.1, -0.05) is 35.3 Å². The number of sulfonamides is 1. The van der Waals surface area contributed by atoms with Crippen LogP contribution < -0.4 is 0 Å². The topological polar surface area (TPSA) is 50.3 Å². The number of nitrogens with zero attached hydrogens (tertiary/aromatic N) is 2. The molecule has 0 N–H and O–H groups in total. The van der Waals surface area contributed by atoms with Crippen molar-refractivity contribution in [3.8, 4) is 0 Å². The van der Waals surface area contributed by atoms with Gasteiger partial charge in [0.1, 0.15) is 14.2 Å². The molecule has 9 heteroatoms. The van der Waals surface area contributed by atoms with Gasteiger partial charge >= 0.3 is 0 Å². The van der Waals surface area contributed by atoms with E-state index in [9.17, 15) is 8.42 Å². The van der Waals surface area contributed by atoms with E-state index >= 15 is 0 Å². The maximum absolute atomic E-state index is 13.0. The third-order valence-corrected chi connectivity index (χ3v) is 8.81. The van der Waals surface area contributed by atoms with Crippen LogP contribution in [0.3, 0.4) is 0 Å². The first-order valence-electron chi connectivity index (χ1n) is 7.29. The highest BCUT2D eigenvalue weighted by Gasteiger charge is 2.39. The summed E-state index contributed by atoms with van der Waals surface area (Å²) in [6.45, 7) is 0.465. The second kappa shape index (κ2) is 6.23. The molecule has 0 aliphatic carbocycles. The van der Waals surface area contributed by atoms with E-state index in [0.717, 1.165) is 39.4 Å². The van der Waals surface area contributed by atoms with Crippen LogP contribution in [0.15, 0.2) is 35.2 Å². The van der Waals surface area contributed by atoms with Crippen molar-refractivity contribution in [2.75, 3.05) is 6.54 Å². The first kappa shape index (κ1) is 16.8. The molecule has 24 heavy (non-hydrogen) atoms. The SMILES string of the molecule is O=S(=O)(c1cc(Cl)sc1Cl)N1CCCC1c1nc2ccccc2s1. The smallest absolute Gasteiger partial charge is 0.239 e. The Morgan fingerprint density at radius 3 is 2.71 bits per heavy atom. The van der Waals surface area contributed by atoms with Crippen LogP contribution in [-0.2, 0) is 10.0 Å². The van der Waals surface area contributed by atoms with Crippen molar-refractivity contribution >= 4 is 66.1 Å². The number of rotatable bonds is 3. The second-order valence-electron chi connectivity index (χ2n) is 5.48. The zero-order chi connectivity index (χ0) is 16.9. The highest BCUT2D eigenvalue weighted by atomic mass is 35.5. The van der Waals surface area contributed by atoms with Crippen LogP contribution in [0.2, 0.25) is 8.67 Å². The largest absolute Gasteiger partial charge is 0.246 e. The Labute approximate surface area is 157 Å². The molecule has 1 aliphatic heterocycles. The summed E-state index contributed by atoms with van der Waals surface area (Å²) in [6, 6.07) is 9.01. The standard InChI is InChI=1S/C15H12Cl2N2O2S3/c16-13-8-12(14(17)23-13)24(20,21)19-7-3-5-10(19)15-18-9-4-1-2-6-11(9)22-15/h1-2,4,6,8,10H,3,5,7H2. The summed E-state index contributed by atoms with van der Waals surface area (Å²) < 4.78 is 29.2. The van der Waals surface area contributed by atoms with Gasteiger partial charge in [-0.15, -0.1) is 22.7 Å². The molecule has 1 saturated heterocycles. The average molecular weight is 419 g/mol. The lowest BCUT2D eigenvalue weighted by molar-refractivity contribution is 0.396. The summed E-state index contributed by atoms with van der Waals surface area (Å²) in [5.41, 5.74) is 0.901. The van der Waals surface area contributed by atoms with Crippen molar-refractivity contribution in [2.24, 2.45) is 0 Å². The number of hydrogen-bond acceptors (Lipinski definition) is 5. The molecule has 0 bridgehead atoms. The molecule has 0 saturated carbocycles. The number of aromatic nitrogens is 1. The fraction of sp³-hybridized carbons (Fsp3) is 0.267. The van der Waals surface area contributed by atoms with Gasteiger partial charge in [0, 0.05) is 6.54 Å². The van der Waals surface area contributed by atoms with Crippen molar-refractivity contribution < 1.29 is 8.42 Å². The molecule has 1 aliphatic rings. The predicted octanol–water partition coefficient (Wildman–Crippen LogP) is 5.19. The van der Waals surface area contributed by atoms with E-state index in [1.54, 1.807) is 11.3 Å². The van der Waals surface area contributed by atoms with E-state index in [2.05, 4.69) is 4.98 Å². The van der Waals surface area contributed by atoms with Crippen LogP contribution in [0.4, 0.5) is 0 Å². The van der Waals surface area contributed by atoms with Crippen molar-refractivity contribution in [1.82, 2.24) is 9.29 Å². The number of fused-ring (bicyclic) bond motifs is 1. The molecule has 0 radical (unpaired) electrons. The van der Waals surface area contributed by atoms with E-state index < -0.39 is 10.0 Å². The van der Waals surface area contributed by atoms with Gasteiger partial charge in [-0.25, -0.2) is 13.4 Å². The highest BCUT2D eigenvalue weighted by molar-refractivity contribution is 7.89. The molecule has 0 spiro atoms. The van der Waals surface area contributed by atoms with Crippen LogP contribution >= 0.6 is 45.9 Å². The molecule has 2 aromatic heterocycles. The normalized spacial score (nSPS) is 19.3. The Bertz CT molecular complexity index is 980. The van der Waals surface area contributed by atoms with Crippen molar-refractivity contribution in [3.63, 3.8) is 0 Å². The Hall–Kier alpha value is -0.700. The van der Waals surface area contributed by atoms with E-state index in [1.807, 2.05) is 24.3 Å². The molecule has 1 fully saturated rings. The Morgan fingerprint density at radius 2 is 2.00 bits per heavy atom. The van der Waals surface area contributed by atoms with Gasteiger partial charge in [0.15, 0.2) is 0 Å². The predicted molar refractivity (Wildman–Crippen MR) is 99.8 cm³/mol. The van der Waals surface area contributed by atoms with Gasteiger partial charge in [-0.3, -0.25) is 0 Å². The molecule has 4 rings (SSSR count). The van der Waals surface area contributed by atoms with Gasteiger partial charge in [0.05, 0.1) is 20.6 Å². The van der Waals surface area contributed by atoms with E-state index in [0.29, 0.717) is 10.9 Å². The Balaban J connectivity index is 1.76. The second-order valence-corrected chi connectivity index (χ2v) is 10.7. The summed E-state index contributed by atoms with van der Waals surface area (Å²) in [5, 5.41) is 0.828. The number of thiazole rings is 1. The fourth-order valence-electron chi connectivity index (χ4n) is 2.93. The molecule has 0 amide bonds. The minimum Gasteiger partial charge on any atom is -0.239 e. The number of benzene rings is 1. The molecule has 126 valence electrons. The summed E-state index contributed by atoms with van der Waals surface area (Å²) in [4.78, 5) is 4.73. The maximum Gasteiger partial charge on any atom is 0.246 e. The van der Waals surface area contributed by atoms with Crippen LogP contribution in [0.1, 0.15) is 23.9 Å². The molecular weight excluding hydrogens is 407 g/mol. The quantitative estimate of drug-likeness (QED) is 0.587. The van der Waals surface area contributed by atoms with Crippen molar-refractivity contribution in [1.29, 1.82) is 0 Å². The van der Waals surface area contributed by atoms with Crippen LogP contribution in [-0.4, -0.2) is 24.3 Å². The zero-order valence-electron chi connectivity index (χ0n) is 12.3. The van der Waals surface area contributed by atoms with Crippen molar-refractivity contribution in [3.05, 3.63) is 44.0 Å². The number of hydrogen-bond donors (Lipinski definition) is 0. The molecule has 3 heterocycles. The summed E-state index contributed by atoms with van der Waals surface area (Å²) >= 11 is 14.6. The van der Waals surface area contributed by atoms with Gasteiger partial charge in [0.2, 0.25) is 10.0 Å². The lowest BCUT2D eigenvalue weighted by Gasteiger charge is -2.22. The Kier molecular flexibility index (Phi) is 4.35. The van der Waals surface area contributed by atoms with E-state index in [-0.39, 0.29) is 15.3 Å². The molecule has 3 aromatic rings. The van der Waals surface area contributed by atoms with Gasteiger partial charge in [0.25, 0.3) is 0 Å². The summed E-state index contributed by atoms with van der Waals surface area (Å²) in [5.74, 6) is 0. The van der Waals surface area contributed by atoms with Gasteiger partial charge < -0.3 is 0 Å². The number of thiophene rings is 1. The minimum atomic E-state index is -3.69. The third kappa shape index (κ3) is 2.77.